The number of aliphatic hydroxyl groups excluding tert-OH is 1. The third-order valence-electron chi connectivity index (χ3n) is 8.32. The molecule has 5 rings (SSSR count). The summed E-state index contributed by atoms with van der Waals surface area (Å²) in [5, 5.41) is 12.9. The maximum absolute atomic E-state index is 14.9. The highest BCUT2D eigenvalue weighted by Crippen LogP contribution is 2.51. The fourth-order valence-corrected chi connectivity index (χ4v) is 6.79. The molecule has 45 heavy (non-hydrogen) atoms. The molecule has 234 valence electrons. The Morgan fingerprint density at radius 3 is 2.20 bits per heavy atom. The highest BCUT2D eigenvalue weighted by atomic mass is 127. The Balaban J connectivity index is 1.83. The van der Waals surface area contributed by atoms with Gasteiger partial charge in [0.25, 0.3) is 5.91 Å². The average Bonchev–Trinajstić information content (AvgIpc) is 3.03. The van der Waals surface area contributed by atoms with Crippen molar-refractivity contribution >= 4 is 34.4 Å². The molecule has 2 N–H and O–H groups in total. The van der Waals surface area contributed by atoms with E-state index < -0.39 is 29.1 Å². The van der Waals surface area contributed by atoms with Crippen LogP contribution in [0.2, 0.25) is 0 Å². The molecular weight excluding hydrogens is 692 g/mol. The fourth-order valence-electron chi connectivity index (χ4n) is 6.21. The molecule has 9 heteroatoms. The average molecular weight is 727 g/mol. The molecule has 0 fully saturated rings. The van der Waals surface area contributed by atoms with Crippen molar-refractivity contribution in [2.45, 2.75) is 51.1 Å². The Morgan fingerprint density at radius 1 is 0.933 bits per heavy atom. The summed E-state index contributed by atoms with van der Waals surface area (Å²) in [5.41, 5.74) is 0.541. The second-order valence-corrected chi connectivity index (χ2v) is 12.9. The zero-order chi connectivity index (χ0) is 32.4. The number of carbonyl (C=O) groups is 2. The number of carbonyl (C=O) groups excluding carboxylic acids is 2. The van der Waals surface area contributed by atoms with E-state index in [9.17, 15) is 27.9 Å². The molecule has 0 unspecified atom stereocenters. The summed E-state index contributed by atoms with van der Waals surface area (Å²) in [5.74, 6) is -0.657. The topological polar surface area (TPSA) is 69.6 Å². The number of rotatable bonds is 9. The number of amides is 2. The van der Waals surface area contributed by atoms with E-state index in [0.29, 0.717) is 23.2 Å². The maximum atomic E-state index is 14.9. The van der Waals surface area contributed by atoms with Crippen LogP contribution in [0.1, 0.15) is 63.6 Å². The summed E-state index contributed by atoms with van der Waals surface area (Å²) >= 11 is 2.23. The molecule has 1 heterocycles. The summed E-state index contributed by atoms with van der Waals surface area (Å²) in [7, 11) is 0. The Labute approximate surface area is 274 Å². The van der Waals surface area contributed by atoms with Crippen LogP contribution in [0.3, 0.4) is 0 Å². The molecule has 0 saturated carbocycles. The first-order valence-electron chi connectivity index (χ1n) is 14.7. The molecule has 0 saturated heterocycles. The van der Waals surface area contributed by atoms with E-state index in [4.69, 9.17) is 0 Å². The summed E-state index contributed by atoms with van der Waals surface area (Å²) < 4.78 is 43.6. The molecule has 4 aromatic rings. The number of hydrogen-bond acceptors (Lipinski definition) is 3. The van der Waals surface area contributed by atoms with E-state index in [-0.39, 0.29) is 42.5 Å². The van der Waals surface area contributed by atoms with Gasteiger partial charge < -0.3 is 15.3 Å². The zero-order valence-corrected chi connectivity index (χ0v) is 27.1. The number of alkyl halides is 3. The second kappa shape index (κ2) is 13.3. The lowest BCUT2D eigenvalue weighted by Crippen LogP contribution is -2.60. The van der Waals surface area contributed by atoms with E-state index in [2.05, 4.69) is 27.9 Å². The zero-order valence-electron chi connectivity index (χ0n) is 24.9. The van der Waals surface area contributed by atoms with Gasteiger partial charge in [-0.1, -0.05) is 92.7 Å². The van der Waals surface area contributed by atoms with Gasteiger partial charge in [0.1, 0.15) is 5.41 Å². The quantitative estimate of drug-likeness (QED) is 0.176. The van der Waals surface area contributed by atoms with Crippen molar-refractivity contribution in [3.05, 3.63) is 140 Å². The normalized spacial score (nSPS) is 18.2. The summed E-state index contributed by atoms with van der Waals surface area (Å²) in [6, 6.07) is 25.8. The third-order valence-corrected chi connectivity index (χ3v) is 9.37. The Morgan fingerprint density at radius 2 is 1.56 bits per heavy atom. The minimum absolute atomic E-state index is 0.0690. The predicted molar refractivity (Wildman–Crippen MR) is 175 cm³/mol. The van der Waals surface area contributed by atoms with Crippen molar-refractivity contribution in [1.29, 1.82) is 0 Å². The van der Waals surface area contributed by atoms with Gasteiger partial charge in [0.2, 0.25) is 5.91 Å². The summed E-state index contributed by atoms with van der Waals surface area (Å²) in [6.07, 6.45) is -4.46. The lowest BCUT2D eigenvalue weighted by Gasteiger charge is -2.50. The van der Waals surface area contributed by atoms with Crippen molar-refractivity contribution in [3.8, 4) is 0 Å². The van der Waals surface area contributed by atoms with Crippen molar-refractivity contribution in [3.63, 3.8) is 0 Å². The molecule has 2 atom stereocenters. The Kier molecular flexibility index (Phi) is 9.69. The van der Waals surface area contributed by atoms with Crippen molar-refractivity contribution in [1.82, 2.24) is 10.2 Å². The highest BCUT2D eigenvalue weighted by Gasteiger charge is 2.56. The van der Waals surface area contributed by atoms with E-state index in [1.807, 2.05) is 38.1 Å². The van der Waals surface area contributed by atoms with Crippen LogP contribution in [0, 0.1) is 9.49 Å². The Hall–Kier alpha value is -3.70. The molecule has 1 aliphatic rings. The summed E-state index contributed by atoms with van der Waals surface area (Å²) in [4.78, 5) is 30.7. The van der Waals surface area contributed by atoms with Gasteiger partial charge in [0.05, 0.1) is 18.2 Å². The molecule has 0 spiro atoms. The smallest absolute Gasteiger partial charge is 0.392 e. The van der Waals surface area contributed by atoms with Gasteiger partial charge in [-0.2, -0.15) is 13.2 Å². The van der Waals surface area contributed by atoms with Crippen LogP contribution in [0.4, 0.5) is 13.2 Å². The van der Waals surface area contributed by atoms with Crippen LogP contribution in [-0.2, 0) is 36.0 Å². The molecule has 5 nitrogen and oxygen atoms in total. The molecule has 0 radical (unpaired) electrons. The highest BCUT2D eigenvalue weighted by molar-refractivity contribution is 14.1. The van der Waals surface area contributed by atoms with Crippen molar-refractivity contribution in [2.24, 2.45) is 5.92 Å². The van der Waals surface area contributed by atoms with Crippen molar-refractivity contribution in [2.75, 3.05) is 6.54 Å². The number of nitrogens with one attached hydrogen (secondary N) is 1. The van der Waals surface area contributed by atoms with E-state index >= 15 is 0 Å². The number of aliphatic hydroxyl groups is 1. The van der Waals surface area contributed by atoms with Crippen LogP contribution in [0.5, 0.6) is 0 Å². The van der Waals surface area contributed by atoms with Gasteiger partial charge in [-0.15, -0.1) is 0 Å². The van der Waals surface area contributed by atoms with Gasteiger partial charge in [-0.3, -0.25) is 9.59 Å². The van der Waals surface area contributed by atoms with Gasteiger partial charge >= 0.3 is 6.18 Å². The minimum atomic E-state index is -4.64. The van der Waals surface area contributed by atoms with Crippen LogP contribution >= 0.6 is 22.6 Å². The number of halogens is 4. The van der Waals surface area contributed by atoms with E-state index in [1.54, 1.807) is 48.5 Å². The standard InChI is InChI=1S/C36H34F3IN2O3/c1-23(2)20-41-34(45)35(19-26-9-4-8-14-31(26)40)30-13-7-5-11-28(30)33(44)42(32(35)25-17-15-24(22-43)16-18-25)21-27-10-3-6-12-29(27)36(37,38)39/h3-18,23,32,43H,19-22H2,1-2H3,(H,41,45)/t32-,35-/m0/s1. The first-order valence-corrected chi connectivity index (χ1v) is 15.8. The lowest BCUT2D eigenvalue weighted by molar-refractivity contribution is -0.139. The second-order valence-electron chi connectivity index (χ2n) is 11.8. The SMILES string of the molecule is CC(C)CNC(=O)[C@@]1(Cc2ccccc2I)c2ccccc2C(=O)N(Cc2ccccc2C(F)(F)F)[C@H]1c1ccc(CO)cc1. The molecule has 4 aromatic carbocycles. The van der Waals surface area contributed by atoms with Gasteiger partial charge in [-0.05, 0) is 80.9 Å². The Bertz CT molecular complexity index is 1690. The first kappa shape index (κ1) is 32.7. The molecule has 0 bridgehead atoms. The van der Waals surface area contributed by atoms with Crippen molar-refractivity contribution < 1.29 is 27.9 Å². The fraction of sp³-hybridized carbons (Fsp3) is 0.278. The number of hydrogen-bond donors (Lipinski definition) is 2. The molecule has 1 aliphatic heterocycles. The number of benzene rings is 4. The van der Waals surface area contributed by atoms with Crippen LogP contribution in [0.15, 0.2) is 97.1 Å². The molecule has 0 aromatic heterocycles. The van der Waals surface area contributed by atoms with Crippen LogP contribution in [-0.4, -0.2) is 28.4 Å². The van der Waals surface area contributed by atoms with Crippen LogP contribution in [0.25, 0.3) is 0 Å². The monoisotopic (exact) mass is 726 g/mol. The summed E-state index contributed by atoms with van der Waals surface area (Å²) in [6.45, 7) is 3.75. The largest absolute Gasteiger partial charge is 0.416 e. The predicted octanol–water partition coefficient (Wildman–Crippen LogP) is 7.45. The molecule has 2 amide bonds. The lowest BCUT2D eigenvalue weighted by atomic mass is 9.63. The number of fused-ring (bicyclic) bond motifs is 1. The van der Waals surface area contributed by atoms with Gasteiger partial charge in [-0.25, -0.2) is 0 Å². The van der Waals surface area contributed by atoms with Gasteiger partial charge in [0.15, 0.2) is 0 Å². The number of nitrogens with zero attached hydrogens (tertiary/aromatic N) is 1. The minimum Gasteiger partial charge on any atom is -0.392 e. The molecular formula is C36H34F3IN2O3. The van der Waals surface area contributed by atoms with Gasteiger partial charge in [0, 0.05) is 22.2 Å². The maximum Gasteiger partial charge on any atom is 0.416 e. The van der Waals surface area contributed by atoms with E-state index in [0.717, 1.165) is 15.2 Å². The molecule has 0 aliphatic carbocycles. The van der Waals surface area contributed by atoms with E-state index in [1.165, 1.54) is 23.1 Å². The van der Waals surface area contributed by atoms with Crippen LogP contribution < -0.4 is 5.32 Å². The third kappa shape index (κ3) is 6.51. The first-order chi connectivity index (χ1) is 21.5.